The van der Waals surface area contributed by atoms with E-state index in [4.69, 9.17) is 0 Å². The van der Waals surface area contributed by atoms with E-state index in [2.05, 4.69) is 17.3 Å². The highest BCUT2D eigenvalue weighted by atomic mass is 15.1. The molecule has 1 aliphatic heterocycles. The third-order valence-electron chi connectivity index (χ3n) is 4.60. The van der Waals surface area contributed by atoms with Crippen LogP contribution in [0.3, 0.4) is 0 Å². The van der Waals surface area contributed by atoms with Crippen LogP contribution in [0.5, 0.6) is 0 Å². The predicted octanol–water partition coefficient (Wildman–Crippen LogP) is 2.89. The first-order valence-electron chi connectivity index (χ1n) is 7.74. The number of piperidine rings is 1. The summed E-state index contributed by atoms with van der Waals surface area (Å²) < 4.78 is 0. The molecule has 1 saturated heterocycles. The molecule has 1 heterocycles. The molecule has 1 saturated carbocycles. The van der Waals surface area contributed by atoms with Gasteiger partial charge in [0.2, 0.25) is 0 Å². The van der Waals surface area contributed by atoms with Gasteiger partial charge in [-0.05, 0) is 64.2 Å². The summed E-state index contributed by atoms with van der Waals surface area (Å²) in [5.41, 5.74) is 0. The van der Waals surface area contributed by atoms with E-state index in [1.165, 1.54) is 77.5 Å². The second kappa shape index (κ2) is 7.38. The van der Waals surface area contributed by atoms with Gasteiger partial charge in [-0.3, -0.25) is 0 Å². The Hall–Kier alpha value is -0.0800. The first-order valence-corrected chi connectivity index (χ1v) is 7.74. The number of hydrogen-bond acceptors (Lipinski definition) is 2. The van der Waals surface area contributed by atoms with Gasteiger partial charge in [-0.2, -0.15) is 0 Å². The maximum Gasteiger partial charge on any atom is 0.00187 e. The predicted molar refractivity (Wildman–Crippen MR) is 74.3 cm³/mol. The standard InChI is InChI=1S/C15H30N2/c1-17-11-5-9-15(13-17)12-16-10-4-8-14-6-2-3-7-14/h14-16H,2-13H2,1H3. The largest absolute Gasteiger partial charge is 0.316 e. The van der Waals surface area contributed by atoms with Crippen molar-refractivity contribution < 1.29 is 0 Å². The Morgan fingerprint density at radius 2 is 1.82 bits per heavy atom. The van der Waals surface area contributed by atoms with E-state index < -0.39 is 0 Å². The fourth-order valence-electron chi connectivity index (χ4n) is 3.56. The molecule has 1 atom stereocenters. The number of nitrogens with zero attached hydrogens (tertiary/aromatic N) is 1. The molecule has 2 nitrogen and oxygen atoms in total. The lowest BCUT2D eigenvalue weighted by Gasteiger charge is -2.29. The Bertz CT molecular complexity index is 199. The molecule has 17 heavy (non-hydrogen) atoms. The lowest BCUT2D eigenvalue weighted by atomic mass is 9.98. The summed E-state index contributed by atoms with van der Waals surface area (Å²) in [6.07, 6.45) is 11.7. The molecule has 2 heteroatoms. The van der Waals surface area contributed by atoms with Crippen molar-refractivity contribution in [3.8, 4) is 0 Å². The number of rotatable bonds is 6. The molecule has 0 aromatic heterocycles. The van der Waals surface area contributed by atoms with Crippen LogP contribution in [-0.4, -0.2) is 38.1 Å². The van der Waals surface area contributed by atoms with E-state index in [-0.39, 0.29) is 0 Å². The van der Waals surface area contributed by atoms with Gasteiger partial charge >= 0.3 is 0 Å². The minimum atomic E-state index is 0.903. The zero-order valence-corrected chi connectivity index (χ0v) is 11.6. The Labute approximate surface area is 107 Å². The number of hydrogen-bond donors (Lipinski definition) is 1. The van der Waals surface area contributed by atoms with Gasteiger partial charge in [-0.1, -0.05) is 25.7 Å². The van der Waals surface area contributed by atoms with Crippen LogP contribution in [0, 0.1) is 11.8 Å². The molecule has 0 bridgehead atoms. The monoisotopic (exact) mass is 238 g/mol. The highest BCUT2D eigenvalue weighted by molar-refractivity contribution is 4.73. The topological polar surface area (TPSA) is 15.3 Å². The first-order chi connectivity index (χ1) is 8.34. The molecule has 2 fully saturated rings. The first kappa shape index (κ1) is 13.4. The molecule has 1 N–H and O–H groups in total. The fourth-order valence-corrected chi connectivity index (χ4v) is 3.56. The average Bonchev–Trinajstić information content (AvgIpc) is 2.82. The summed E-state index contributed by atoms with van der Waals surface area (Å²) in [5.74, 6) is 1.97. The molecular formula is C15H30N2. The molecule has 0 aromatic rings. The van der Waals surface area contributed by atoms with Gasteiger partial charge in [0.1, 0.15) is 0 Å². The number of nitrogens with one attached hydrogen (secondary N) is 1. The second-order valence-electron chi connectivity index (χ2n) is 6.27. The quantitative estimate of drug-likeness (QED) is 0.716. The van der Waals surface area contributed by atoms with Crippen molar-refractivity contribution >= 4 is 0 Å². The third kappa shape index (κ3) is 4.97. The SMILES string of the molecule is CN1CCCC(CNCCCC2CCCC2)C1. The van der Waals surface area contributed by atoms with E-state index in [9.17, 15) is 0 Å². The molecular weight excluding hydrogens is 208 g/mol. The van der Waals surface area contributed by atoms with Crippen LogP contribution in [0.15, 0.2) is 0 Å². The summed E-state index contributed by atoms with van der Waals surface area (Å²) in [6.45, 7) is 5.10. The minimum absolute atomic E-state index is 0.903. The molecule has 1 unspecified atom stereocenters. The Kier molecular flexibility index (Phi) is 5.79. The van der Waals surface area contributed by atoms with Gasteiger partial charge in [0.25, 0.3) is 0 Å². The summed E-state index contributed by atoms with van der Waals surface area (Å²) in [4.78, 5) is 2.48. The molecule has 100 valence electrons. The molecule has 0 amide bonds. The van der Waals surface area contributed by atoms with Crippen molar-refractivity contribution in [1.29, 1.82) is 0 Å². The van der Waals surface area contributed by atoms with Crippen molar-refractivity contribution in [3.05, 3.63) is 0 Å². The van der Waals surface area contributed by atoms with Crippen LogP contribution in [0.1, 0.15) is 51.4 Å². The van der Waals surface area contributed by atoms with Crippen LogP contribution in [0.4, 0.5) is 0 Å². The zero-order chi connectivity index (χ0) is 11.9. The Balaban J connectivity index is 1.45. The van der Waals surface area contributed by atoms with E-state index in [1.807, 2.05) is 0 Å². The molecule has 0 radical (unpaired) electrons. The summed E-state index contributed by atoms with van der Waals surface area (Å²) in [6, 6.07) is 0. The fraction of sp³-hybridized carbons (Fsp3) is 1.00. The summed E-state index contributed by atoms with van der Waals surface area (Å²) in [7, 11) is 2.26. The van der Waals surface area contributed by atoms with Crippen LogP contribution in [0.25, 0.3) is 0 Å². The van der Waals surface area contributed by atoms with E-state index in [1.54, 1.807) is 0 Å². The zero-order valence-electron chi connectivity index (χ0n) is 11.6. The smallest absolute Gasteiger partial charge is 0.00187 e. The maximum atomic E-state index is 3.67. The lowest BCUT2D eigenvalue weighted by Crippen LogP contribution is -2.37. The van der Waals surface area contributed by atoms with Crippen molar-refractivity contribution in [2.24, 2.45) is 11.8 Å². The van der Waals surface area contributed by atoms with Gasteiger partial charge in [0.15, 0.2) is 0 Å². The van der Waals surface area contributed by atoms with Crippen LogP contribution < -0.4 is 5.32 Å². The highest BCUT2D eigenvalue weighted by Crippen LogP contribution is 2.28. The molecule has 0 spiro atoms. The van der Waals surface area contributed by atoms with Crippen molar-refractivity contribution in [3.63, 3.8) is 0 Å². The summed E-state index contributed by atoms with van der Waals surface area (Å²) in [5, 5.41) is 3.67. The molecule has 1 aliphatic carbocycles. The minimum Gasteiger partial charge on any atom is -0.316 e. The normalized spacial score (nSPS) is 27.7. The van der Waals surface area contributed by atoms with Gasteiger partial charge in [-0.25, -0.2) is 0 Å². The Morgan fingerprint density at radius 1 is 1.06 bits per heavy atom. The molecule has 0 aromatic carbocycles. The third-order valence-corrected chi connectivity index (χ3v) is 4.60. The maximum absolute atomic E-state index is 3.67. The van der Waals surface area contributed by atoms with Crippen molar-refractivity contribution in [2.45, 2.75) is 51.4 Å². The van der Waals surface area contributed by atoms with Crippen LogP contribution in [0.2, 0.25) is 0 Å². The van der Waals surface area contributed by atoms with Crippen LogP contribution >= 0.6 is 0 Å². The van der Waals surface area contributed by atoms with Gasteiger partial charge < -0.3 is 10.2 Å². The lowest BCUT2D eigenvalue weighted by molar-refractivity contribution is 0.206. The van der Waals surface area contributed by atoms with E-state index in [0.717, 1.165) is 11.8 Å². The van der Waals surface area contributed by atoms with Crippen LogP contribution in [-0.2, 0) is 0 Å². The van der Waals surface area contributed by atoms with Gasteiger partial charge in [-0.15, -0.1) is 0 Å². The summed E-state index contributed by atoms with van der Waals surface area (Å²) >= 11 is 0. The molecule has 2 aliphatic rings. The average molecular weight is 238 g/mol. The number of likely N-dealkylation sites (tertiary alicyclic amines) is 1. The Morgan fingerprint density at radius 3 is 2.59 bits per heavy atom. The van der Waals surface area contributed by atoms with Gasteiger partial charge in [0, 0.05) is 6.54 Å². The van der Waals surface area contributed by atoms with E-state index >= 15 is 0 Å². The molecule has 2 rings (SSSR count). The highest BCUT2D eigenvalue weighted by Gasteiger charge is 2.17. The van der Waals surface area contributed by atoms with Crippen molar-refractivity contribution in [2.75, 3.05) is 33.2 Å². The van der Waals surface area contributed by atoms with Gasteiger partial charge in [0.05, 0.1) is 0 Å². The van der Waals surface area contributed by atoms with E-state index in [0.29, 0.717) is 0 Å². The van der Waals surface area contributed by atoms with Crippen molar-refractivity contribution in [1.82, 2.24) is 10.2 Å². The second-order valence-corrected chi connectivity index (χ2v) is 6.27.